The van der Waals surface area contributed by atoms with Gasteiger partial charge in [0.2, 0.25) is 0 Å². The van der Waals surface area contributed by atoms with Crippen molar-refractivity contribution in [2.75, 3.05) is 6.54 Å². The minimum Gasteiger partial charge on any atom is -0.508 e. The van der Waals surface area contributed by atoms with Crippen molar-refractivity contribution in [3.05, 3.63) is 23.8 Å². The fourth-order valence-corrected chi connectivity index (χ4v) is 1.39. The molecule has 0 aliphatic heterocycles. The quantitative estimate of drug-likeness (QED) is 0.688. The van der Waals surface area contributed by atoms with Gasteiger partial charge in [0.15, 0.2) is 0 Å². The van der Waals surface area contributed by atoms with Gasteiger partial charge in [0.05, 0.1) is 0 Å². The number of hydrogen-bond donors (Lipinski definition) is 3. The fourth-order valence-electron chi connectivity index (χ4n) is 1.39. The third kappa shape index (κ3) is 4.53. The minimum atomic E-state index is 0.0935. The topological polar surface area (TPSA) is 52.5 Å². The molecule has 3 heteroatoms. The largest absolute Gasteiger partial charge is 0.508 e. The highest BCUT2D eigenvalue weighted by Gasteiger charge is 2.09. The first kappa shape index (κ1) is 12.8. The Morgan fingerprint density at radius 1 is 1.19 bits per heavy atom. The Hall–Kier alpha value is -1.22. The zero-order valence-corrected chi connectivity index (χ0v) is 10.2. The van der Waals surface area contributed by atoms with E-state index in [1.807, 2.05) is 0 Å². The van der Waals surface area contributed by atoms with Crippen LogP contribution in [-0.2, 0) is 6.54 Å². The molecule has 0 bridgehead atoms. The molecule has 0 unspecified atom stereocenters. The molecule has 16 heavy (non-hydrogen) atoms. The van der Waals surface area contributed by atoms with E-state index in [9.17, 15) is 5.11 Å². The molecule has 0 aromatic heterocycles. The van der Waals surface area contributed by atoms with Crippen LogP contribution in [0.5, 0.6) is 11.5 Å². The second-order valence-electron chi connectivity index (χ2n) is 5.30. The molecule has 0 saturated heterocycles. The highest BCUT2D eigenvalue weighted by Crippen LogP contribution is 2.22. The van der Waals surface area contributed by atoms with Crippen molar-refractivity contribution >= 4 is 0 Å². The monoisotopic (exact) mass is 223 g/mol. The third-order valence-corrected chi connectivity index (χ3v) is 2.44. The highest BCUT2D eigenvalue weighted by molar-refractivity contribution is 5.38. The van der Waals surface area contributed by atoms with E-state index in [0.717, 1.165) is 18.5 Å². The van der Waals surface area contributed by atoms with Crippen molar-refractivity contribution in [2.24, 2.45) is 5.41 Å². The van der Waals surface area contributed by atoms with E-state index < -0.39 is 0 Å². The second kappa shape index (κ2) is 5.21. The van der Waals surface area contributed by atoms with E-state index in [0.29, 0.717) is 12.0 Å². The zero-order chi connectivity index (χ0) is 12.2. The molecule has 0 fully saturated rings. The van der Waals surface area contributed by atoms with Crippen molar-refractivity contribution in [1.82, 2.24) is 5.32 Å². The summed E-state index contributed by atoms with van der Waals surface area (Å²) in [6.07, 6.45) is 1.09. The van der Waals surface area contributed by atoms with Gasteiger partial charge in [-0.2, -0.15) is 0 Å². The van der Waals surface area contributed by atoms with Crippen molar-refractivity contribution < 1.29 is 10.2 Å². The number of phenolic OH excluding ortho intramolecular Hbond substituents is 2. The van der Waals surface area contributed by atoms with Crippen molar-refractivity contribution in [2.45, 2.75) is 33.7 Å². The van der Waals surface area contributed by atoms with E-state index in [1.54, 1.807) is 12.1 Å². The van der Waals surface area contributed by atoms with E-state index >= 15 is 0 Å². The molecule has 0 aliphatic rings. The van der Waals surface area contributed by atoms with Gasteiger partial charge >= 0.3 is 0 Å². The van der Waals surface area contributed by atoms with Crippen LogP contribution in [0.3, 0.4) is 0 Å². The van der Waals surface area contributed by atoms with Crippen LogP contribution in [0.15, 0.2) is 18.2 Å². The summed E-state index contributed by atoms with van der Waals surface area (Å²) in [6.45, 7) is 8.15. The average Bonchev–Trinajstić information content (AvgIpc) is 2.13. The number of rotatable bonds is 4. The lowest BCUT2D eigenvalue weighted by molar-refractivity contribution is 0.365. The van der Waals surface area contributed by atoms with Crippen molar-refractivity contribution in [1.29, 1.82) is 0 Å². The smallest absolute Gasteiger partial charge is 0.123 e. The number of nitrogens with one attached hydrogen (secondary N) is 1. The number of aromatic hydroxyl groups is 2. The van der Waals surface area contributed by atoms with Crippen LogP contribution in [0.1, 0.15) is 32.8 Å². The van der Waals surface area contributed by atoms with E-state index in [-0.39, 0.29) is 11.5 Å². The predicted molar refractivity (Wildman–Crippen MR) is 65.6 cm³/mol. The SMILES string of the molecule is CC(C)(C)CCNCc1ccc(O)cc1O. The van der Waals surface area contributed by atoms with Crippen LogP contribution < -0.4 is 5.32 Å². The van der Waals surface area contributed by atoms with Crippen LogP contribution in [0.2, 0.25) is 0 Å². The first-order valence-corrected chi connectivity index (χ1v) is 5.60. The molecule has 0 spiro atoms. The maximum atomic E-state index is 9.55. The zero-order valence-electron chi connectivity index (χ0n) is 10.2. The van der Waals surface area contributed by atoms with Gasteiger partial charge in [0.1, 0.15) is 11.5 Å². The second-order valence-corrected chi connectivity index (χ2v) is 5.30. The summed E-state index contributed by atoms with van der Waals surface area (Å²) >= 11 is 0. The molecular formula is C13H21NO2. The van der Waals surface area contributed by atoms with Crippen LogP contribution in [-0.4, -0.2) is 16.8 Å². The molecular weight excluding hydrogens is 202 g/mol. The molecule has 0 heterocycles. The lowest BCUT2D eigenvalue weighted by Crippen LogP contribution is -2.20. The Balaban J connectivity index is 2.38. The molecule has 0 saturated carbocycles. The maximum absolute atomic E-state index is 9.55. The summed E-state index contributed by atoms with van der Waals surface area (Å²) in [5.74, 6) is 0.235. The molecule has 3 N–H and O–H groups in total. The molecule has 0 radical (unpaired) electrons. The molecule has 0 atom stereocenters. The highest BCUT2D eigenvalue weighted by atomic mass is 16.3. The molecule has 1 aromatic rings. The molecule has 90 valence electrons. The predicted octanol–water partition coefficient (Wildman–Crippen LogP) is 2.62. The molecule has 0 aliphatic carbocycles. The van der Waals surface area contributed by atoms with Gasteiger partial charge in [-0.25, -0.2) is 0 Å². The minimum absolute atomic E-state index is 0.0935. The van der Waals surface area contributed by atoms with Crippen LogP contribution in [0.4, 0.5) is 0 Å². The van der Waals surface area contributed by atoms with Crippen molar-refractivity contribution in [3.63, 3.8) is 0 Å². The Labute approximate surface area is 97.1 Å². The first-order valence-electron chi connectivity index (χ1n) is 5.60. The average molecular weight is 223 g/mol. The van der Waals surface area contributed by atoms with Gasteiger partial charge in [-0.15, -0.1) is 0 Å². The molecule has 1 aromatic carbocycles. The lowest BCUT2D eigenvalue weighted by atomic mass is 9.92. The van der Waals surface area contributed by atoms with Gasteiger partial charge in [-0.05, 0) is 24.4 Å². The van der Waals surface area contributed by atoms with E-state index in [4.69, 9.17) is 5.11 Å². The summed E-state index contributed by atoms with van der Waals surface area (Å²) in [7, 11) is 0. The van der Waals surface area contributed by atoms with E-state index in [2.05, 4.69) is 26.1 Å². The Morgan fingerprint density at radius 2 is 1.88 bits per heavy atom. The lowest BCUT2D eigenvalue weighted by Gasteiger charge is -2.18. The summed E-state index contributed by atoms with van der Waals surface area (Å²) in [5, 5.41) is 22.0. The summed E-state index contributed by atoms with van der Waals surface area (Å²) in [6, 6.07) is 4.68. The summed E-state index contributed by atoms with van der Waals surface area (Å²) in [5.41, 5.74) is 1.14. The fraction of sp³-hybridized carbons (Fsp3) is 0.538. The van der Waals surface area contributed by atoms with Gasteiger partial charge in [-0.3, -0.25) is 0 Å². The normalized spacial score (nSPS) is 11.7. The Morgan fingerprint density at radius 3 is 2.44 bits per heavy atom. The molecule has 3 nitrogen and oxygen atoms in total. The van der Waals surface area contributed by atoms with Gasteiger partial charge in [-0.1, -0.05) is 26.8 Å². The molecule has 1 rings (SSSR count). The summed E-state index contributed by atoms with van der Waals surface area (Å²) < 4.78 is 0. The van der Waals surface area contributed by atoms with Crippen LogP contribution in [0, 0.1) is 5.41 Å². The van der Waals surface area contributed by atoms with Crippen molar-refractivity contribution in [3.8, 4) is 11.5 Å². The third-order valence-electron chi connectivity index (χ3n) is 2.44. The number of phenols is 2. The maximum Gasteiger partial charge on any atom is 0.123 e. The Kier molecular flexibility index (Phi) is 4.19. The standard InChI is InChI=1S/C13H21NO2/c1-13(2,3)6-7-14-9-10-4-5-11(15)8-12(10)16/h4-5,8,14-16H,6-7,9H2,1-3H3. The van der Waals surface area contributed by atoms with Gasteiger partial charge < -0.3 is 15.5 Å². The number of benzene rings is 1. The van der Waals surface area contributed by atoms with E-state index in [1.165, 1.54) is 6.07 Å². The van der Waals surface area contributed by atoms with Crippen LogP contribution in [0.25, 0.3) is 0 Å². The Bertz CT molecular complexity index is 342. The van der Waals surface area contributed by atoms with Crippen LogP contribution >= 0.6 is 0 Å². The number of hydrogen-bond acceptors (Lipinski definition) is 3. The van der Waals surface area contributed by atoms with Gasteiger partial charge in [0.25, 0.3) is 0 Å². The summed E-state index contributed by atoms with van der Waals surface area (Å²) in [4.78, 5) is 0. The first-order chi connectivity index (χ1) is 7.38. The molecule has 0 amide bonds. The van der Waals surface area contributed by atoms with Gasteiger partial charge in [0, 0.05) is 18.2 Å².